The molecule has 0 saturated carbocycles. The number of halogens is 1. The molecule has 0 aliphatic carbocycles. The van der Waals surface area contributed by atoms with E-state index in [4.69, 9.17) is 0 Å². The first-order chi connectivity index (χ1) is 9.91. The summed E-state index contributed by atoms with van der Waals surface area (Å²) >= 11 is 0. The maximum Gasteiger partial charge on any atom is 0.313 e. The Morgan fingerprint density at radius 3 is 2.38 bits per heavy atom. The molecule has 0 saturated heterocycles. The van der Waals surface area contributed by atoms with Gasteiger partial charge in [0.1, 0.15) is 5.82 Å². The summed E-state index contributed by atoms with van der Waals surface area (Å²) in [6, 6.07) is 13.6. The number of anilines is 1. The van der Waals surface area contributed by atoms with Crippen molar-refractivity contribution in [3.8, 4) is 0 Å². The average molecular weight is 287 g/mol. The molecule has 0 aliphatic heterocycles. The Bertz CT molecular complexity index is 635. The van der Waals surface area contributed by atoms with Crippen LogP contribution in [0.3, 0.4) is 0 Å². The fraction of sp³-hybridized carbons (Fsp3) is 0.235. The molecule has 4 heteroatoms. The molecule has 0 bridgehead atoms. The first-order valence-corrected chi connectivity index (χ1v) is 6.72. The Morgan fingerprint density at radius 2 is 1.76 bits per heavy atom. The number of carboxylic acids is 1. The Balaban J connectivity index is 2.21. The van der Waals surface area contributed by atoms with Gasteiger partial charge in [0.2, 0.25) is 0 Å². The number of rotatable bonds is 5. The molecule has 0 unspecified atom stereocenters. The van der Waals surface area contributed by atoms with E-state index in [9.17, 15) is 14.3 Å². The van der Waals surface area contributed by atoms with Crippen LogP contribution in [0.5, 0.6) is 0 Å². The number of para-hydroxylation sites is 1. The molecule has 0 spiro atoms. The minimum absolute atomic E-state index is 0.272. The maximum absolute atomic E-state index is 12.9. The summed E-state index contributed by atoms with van der Waals surface area (Å²) < 4.78 is 12.9. The Morgan fingerprint density at radius 1 is 1.14 bits per heavy atom. The molecule has 0 aliphatic rings. The summed E-state index contributed by atoms with van der Waals surface area (Å²) in [4.78, 5) is 11.4. The Hall–Kier alpha value is -2.36. The number of hydrogen-bond acceptors (Lipinski definition) is 2. The third-order valence-electron chi connectivity index (χ3n) is 3.53. The molecule has 2 aromatic rings. The van der Waals surface area contributed by atoms with Gasteiger partial charge in [0.05, 0.1) is 5.41 Å². The average Bonchev–Trinajstić information content (AvgIpc) is 2.47. The highest BCUT2D eigenvalue weighted by Gasteiger charge is 2.31. The zero-order valence-corrected chi connectivity index (χ0v) is 12.1. The van der Waals surface area contributed by atoms with E-state index in [0.717, 1.165) is 16.8 Å². The van der Waals surface area contributed by atoms with Crippen LogP contribution in [-0.4, -0.2) is 11.1 Å². The summed E-state index contributed by atoms with van der Waals surface area (Å²) in [5.74, 6) is -1.15. The van der Waals surface area contributed by atoms with Crippen molar-refractivity contribution in [1.29, 1.82) is 0 Å². The number of nitrogens with one attached hydrogen (secondary N) is 1. The smallest absolute Gasteiger partial charge is 0.313 e. The predicted molar refractivity (Wildman–Crippen MR) is 80.8 cm³/mol. The van der Waals surface area contributed by atoms with Gasteiger partial charge in [-0.25, -0.2) is 4.39 Å². The molecular weight excluding hydrogens is 269 g/mol. The highest BCUT2D eigenvalue weighted by atomic mass is 19.1. The molecule has 110 valence electrons. The van der Waals surface area contributed by atoms with Gasteiger partial charge in [0, 0.05) is 12.2 Å². The zero-order chi connectivity index (χ0) is 15.5. The van der Waals surface area contributed by atoms with Crippen LogP contribution >= 0.6 is 0 Å². The van der Waals surface area contributed by atoms with Crippen LogP contribution in [0.25, 0.3) is 0 Å². The van der Waals surface area contributed by atoms with E-state index in [1.54, 1.807) is 32.0 Å². The van der Waals surface area contributed by atoms with Crippen molar-refractivity contribution in [1.82, 2.24) is 0 Å². The van der Waals surface area contributed by atoms with E-state index in [1.807, 2.05) is 18.2 Å². The first kappa shape index (κ1) is 15.0. The first-order valence-electron chi connectivity index (χ1n) is 6.72. The summed E-state index contributed by atoms with van der Waals surface area (Å²) in [6.07, 6.45) is 0. The molecule has 2 N–H and O–H groups in total. The van der Waals surface area contributed by atoms with Crippen LogP contribution in [0.4, 0.5) is 10.1 Å². The van der Waals surface area contributed by atoms with Crippen LogP contribution in [-0.2, 0) is 16.8 Å². The summed E-state index contributed by atoms with van der Waals surface area (Å²) in [7, 11) is 0. The molecule has 3 nitrogen and oxygen atoms in total. The third-order valence-corrected chi connectivity index (χ3v) is 3.53. The number of carbonyl (C=O) groups is 1. The third kappa shape index (κ3) is 3.40. The lowest BCUT2D eigenvalue weighted by molar-refractivity contribution is -0.142. The van der Waals surface area contributed by atoms with Gasteiger partial charge in [-0.15, -0.1) is 0 Å². The standard InChI is InChI=1S/C17H18FNO2/c1-17(2,16(20)21)14-5-3-4-6-15(14)19-11-12-7-9-13(18)10-8-12/h3-10,19H,11H2,1-2H3,(H,20,21). The van der Waals surface area contributed by atoms with Crippen LogP contribution < -0.4 is 5.32 Å². The van der Waals surface area contributed by atoms with Gasteiger partial charge in [-0.3, -0.25) is 4.79 Å². The van der Waals surface area contributed by atoms with E-state index in [2.05, 4.69) is 5.32 Å². The topological polar surface area (TPSA) is 49.3 Å². The number of aliphatic carboxylic acids is 1. The van der Waals surface area contributed by atoms with Gasteiger partial charge >= 0.3 is 5.97 Å². The molecule has 0 atom stereocenters. The summed E-state index contributed by atoms with van der Waals surface area (Å²) in [6.45, 7) is 3.86. The van der Waals surface area contributed by atoms with Crippen LogP contribution in [0.1, 0.15) is 25.0 Å². The van der Waals surface area contributed by atoms with Crippen molar-refractivity contribution in [3.63, 3.8) is 0 Å². The summed E-state index contributed by atoms with van der Waals surface area (Å²) in [5, 5.41) is 12.6. The van der Waals surface area contributed by atoms with E-state index in [-0.39, 0.29) is 5.82 Å². The van der Waals surface area contributed by atoms with Gasteiger partial charge in [0.15, 0.2) is 0 Å². The minimum atomic E-state index is -0.980. The van der Waals surface area contributed by atoms with Crippen LogP contribution in [0.2, 0.25) is 0 Å². The quantitative estimate of drug-likeness (QED) is 0.879. The van der Waals surface area contributed by atoms with Crippen LogP contribution in [0, 0.1) is 5.82 Å². The molecule has 0 heterocycles. The van der Waals surface area contributed by atoms with Crippen molar-refractivity contribution >= 4 is 11.7 Å². The number of benzene rings is 2. The SMILES string of the molecule is CC(C)(C(=O)O)c1ccccc1NCc1ccc(F)cc1. The highest BCUT2D eigenvalue weighted by molar-refractivity contribution is 5.83. The molecule has 0 radical (unpaired) electrons. The second-order valence-electron chi connectivity index (χ2n) is 5.46. The van der Waals surface area contributed by atoms with Crippen LogP contribution in [0.15, 0.2) is 48.5 Å². The van der Waals surface area contributed by atoms with Crippen molar-refractivity contribution in [2.75, 3.05) is 5.32 Å². The van der Waals surface area contributed by atoms with E-state index < -0.39 is 11.4 Å². The Labute approximate surface area is 123 Å². The Kier molecular flexibility index (Phi) is 4.26. The lowest BCUT2D eigenvalue weighted by Crippen LogP contribution is -2.29. The molecule has 2 rings (SSSR count). The summed E-state index contributed by atoms with van der Waals surface area (Å²) in [5.41, 5.74) is 1.44. The van der Waals surface area contributed by atoms with Gasteiger partial charge < -0.3 is 10.4 Å². The molecule has 21 heavy (non-hydrogen) atoms. The van der Waals surface area contributed by atoms with E-state index in [1.165, 1.54) is 12.1 Å². The fourth-order valence-electron chi connectivity index (χ4n) is 2.10. The largest absolute Gasteiger partial charge is 0.481 e. The second-order valence-corrected chi connectivity index (χ2v) is 5.46. The normalized spacial score (nSPS) is 11.2. The molecule has 0 amide bonds. The minimum Gasteiger partial charge on any atom is -0.481 e. The fourth-order valence-corrected chi connectivity index (χ4v) is 2.10. The van der Waals surface area contributed by atoms with Gasteiger partial charge in [-0.1, -0.05) is 30.3 Å². The lowest BCUT2D eigenvalue weighted by Gasteiger charge is -2.23. The van der Waals surface area contributed by atoms with Gasteiger partial charge in [-0.2, -0.15) is 0 Å². The number of carboxylic acid groups (broad SMARTS) is 1. The lowest BCUT2D eigenvalue weighted by atomic mass is 9.83. The molecule has 0 fully saturated rings. The molecule has 0 aromatic heterocycles. The maximum atomic E-state index is 12.9. The van der Waals surface area contributed by atoms with Crippen molar-refractivity contribution in [2.24, 2.45) is 0 Å². The van der Waals surface area contributed by atoms with E-state index >= 15 is 0 Å². The zero-order valence-electron chi connectivity index (χ0n) is 12.1. The van der Waals surface area contributed by atoms with Crippen molar-refractivity contribution in [2.45, 2.75) is 25.8 Å². The monoisotopic (exact) mass is 287 g/mol. The van der Waals surface area contributed by atoms with Gasteiger partial charge in [0.25, 0.3) is 0 Å². The van der Waals surface area contributed by atoms with Crippen molar-refractivity contribution < 1.29 is 14.3 Å². The van der Waals surface area contributed by atoms with Crippen molar-refractivity contribution in [3.05, 3.63) is 65.5 Å². The predicted octanol–water partition coefficient (Wildman–Crippen LogP) is 3.80. The number of hydrogen-bond donors (Lipinski definition) is 2. The molecular formula is C17H18FNO2. The molecule has 2 aromatic carbocycles. The van der Waals surface area contributed by atoms with E-state index in [0.29, 0.717) is 6.54 Å². The van der Waals surface area contributed by atoms with Gasteiger partial charge in [-0.05, 0) is 43.2 Å². The highest BCUT2D eigenvalue weighted by Crippen LogP contribution is 2.30. The second kappa shape index (κ2) is 5.95.